The van der Waals surface area contributed by atoms with E-state index < -0.39 is 0 Å². The third kappa shape index (κ3) is 2.79. The largest absolute Gasteiger partial charge is 0.303 e. The smallest absolute Gasteiger partial charge is 0.191 e. The Balaban J connectivity index is 1.50. The van der Waals surface area contributed by atoms with Gasteiger partial charge in [0.15, 0.2) is 10.9 Å². The Labute approximate surface area is 138 Å². The van der Waals surface area contributed by atoms with Crippen LogP contribution in [-0.2, 0) is 0 Å². The molecule has 0 unspecified atom stereocenters. The highest BCUT2D eigenvalue weighted by atomic mass is 35.5. The minimum atomic E-state index is 0.0360. The van der Waals surface area contributed by atoms with Crippen molar-refractivity contribution < 1.29 is 4.79 Å². The van der Waals surface area contributed by atoms with Gasteiger partial charge in [0.2, 0.25) is 0 Å². The van der Waals surface area contributed by atoms with E-state index in [0.717, 1.165) is 11.0 Å². The predicted octanol–water partition coefficient (Wildman–Crippen LogP) is 4.12. The Bertz CT molecular complexity index is 722. The van der Waals surface area contributed by atoms with Gasteiger partial charge in [-0.25, -0.2) is 0 Å². The maximum absolute atomic E-state index is 12.3. The average Bonchev–Trinajstić information content (AvgIpc) is 3.44. The lowest BCUT2D eigenvalue weighted by molar-refractivity contribution is 0.102. The molecule has 2 aliphatic carbocycles. The van der Waals surface area contributed by atoms with Gasteiger partial charge >= 0.3 is 0 Å². The topological polar surface area (TPSA) is 47.8 Å². The number of halogens is 1. The van der Waals surface area contributed by atoms with Crippen molar-refractivity contribution in [1.82, 2.24) is 14.8 Å². The van der Waals surface area contributed by atoms with Crippen LogP contribution in [0.5, 0.6) is 0 Å². The van der Waals surface area contributed by atoms with E-state index in [1.807, 2.05) is 12.1 Å². The minimum Gasteiger partial charge on any atom is -0.303 e. The molecule has 2 fully saturated rings. The van der Waals surface area contributed by atoms with Gasteiger partial charge in [-0.1, -0.05) is 35.5 Å². The van der Waals surface area contributed by atoms with Crippen LogP contribution in [0.4, 0.5) is 0 Å². The molecule has 4 rings (SSSR count). The molecule has 22 heavy (non-hydrogen) atoms. The lowest BCUT2D eigenvalue weighted by atomic mass is 10.1. The molecule has 2 aliphatic rings. The van der Waals surface area contributed by atoms with Gasteiger partial charge < -0.3 is 4.57 Å². The number of hydrogen-bond acceptors (Lipinski definition) is 4. The molecule has 0 saturated heterocycles. The molecule has 4 nitrogen and oxygen atoms in total. The summed E-state index contributed by atoms with van der Waals surface area (Å²) in [4.78, 5) is 12.3. The van der Waals surface area contributed by atoms with Gasteiger partial charge in [0.05, 0.1) is 10.8 Å². The van der Waals surface area contributed by atoms with Gasteiger partial charge in [-0.15, -0.1) is 10.2 Å². The van der Waals surface area contributed by atoms with Gasteiger partial charge in [0, 0.05) is 17.5 Å². The van der Waals surface area contributed by atoms with Crippen LogP contribution >= 0.6 is 23.4 Å². The van der Waals surface area contributed by atoms with Crippen LogP contribution in [0, 0.1) is 0 Å². The Morgan fingerprint density at radius 1 is 1.23 bits per heavy atom. The quantitative estimate of drug-likeness (QED) is 0.589. The summed E-state index contributed by atoms with van der Waals surface area (Å²) in [5.41, 5.74) is 0.580. The molecule has 0 atom stereocenters. The van der Waals surface area contributed by atoms with E-state index in [4.69, 9.17) is 11.6 Å². The Morgan fingerprint density at radius 3 is 2.68 bits per heavy atom. The molecular formula is C16H16ClN3OS. The molecular weight excluding hydrogens is 318 g/mol. The van der Waals surface area contributed by atoms with Gasteiger partial charge in [-0.05, 0) is 37.8 Å². The van der Waals surface area contributed by atoms with Crippen molar-refractivity contribution >= 4 is 29.1 Å². The van der Waals surface area contributed by atoms with Gasteiger partial charge in [0.1, 0.15) is 5.82 Å². The Kier molecular flexibility index (Phi) is 3.70. The van der Waals surface area contributed by atoms with E-state index in [2.05, 4.69) is 14.8 Å². The van der Waals surface area contributed by atoms with Crippen LogP contribution in [0.1, 0.15) is 53.8 Å². The highest BCUT2D eigenvalue weighted by Crippen LogP contribution is 2.46. The van der Waals surface area contributed by atoms with E-state index in [0.29, 0.717) is 28.3 Å². The number of rotatable bonds is 6. The molecule has 1 aromatic heterocycles. The van der Waals surface area contributed by atoms with E-state index in [-0.39, 0.29) is 5.78 Å². The molecule has 114 valence electrons. The predicted molar refractivity (Wildman–Crippen MR) is 86.8 cm³/mol. The van der Waals surface area contributed by atoms with Gasteiger partial charge in [-0.2, -0.15) is 0 Å². The number of nitrogens with zero attached hydrogens (tertiary/aromatic N) is 3. The van der Waals surface area contributed by atoms with E-state index in [1.54, 1.807) is 12.1 Å². The highest BCUT2D eigenvalue weighted by Gasteiger charge is 2.36. The summed E-state index contributed by atoms with van der Waals surface area (Å²) < 4.78 is 2.27. The fourth-order valence-electron chi connectivity index (χ4n) is 2.58. The summed E-state index contributed by atoms with van der Waals surface area (Å²) >= 11 is 7.56. The van der Waals surface area contributed by atoms with Crippen LogP contribution in [0.25, 0.3) is 0 Å². The Hall–Kier alpha value is -1.33. The lowest BCUT2D eigenvalue weighted by Crippen LogP contribution is -2.06. The first-order valence-electron chi connectivity index (χ1n) is 7.59. The van der Waals surface area contributed by atoms with Crippen LogP contribution in [0.2, 0.25) is 5.02 Å². The molecule has 6 heteroatoms. The zero-order chi connectivity index (χ0) is 15.1. The number of benzene rings is 1. The van der Waals surface area contributed by atoms with E-state index >= 15 is 0 Å². The number of thioether (sulfide) groups is 1. The maximum atomic E-state index is 12.3. The van der Waals surface area contributed by atoms with Crippen LogP contribution in [0.15, 0.2) is 29.4 Å². The van der Waals surface area contributed by atoms with E-state index in [9.17, 15) is 4.79 Å². The van der Waals surface area contributed by atoms with Crippen molar-refractivity contribution in [1.29, 1.82) is 0 Å². The first-order valence-corrected chi connectivity index (χ1v) is 8.95. The molecule has 0 N–H and O–H groups in total. The molecule has 0 amide bonds. The summed E-state index contributed by atoms with van der Waals surface area (Å²) in [5, 5.41) is 10.1. The third-order valence-electron chi connectivity index (χ3n) is 4.05. The van der Waals surface area contributed by atoms with Gasteiger partial charge in [-0.3, -0.25) is 4.79 Å². The first kappa shape index (κ1) is 14.3. The number of carbonyl (C=O) groups is 1. The molecule has 1 aromatic carbocycles. The molecule has 1 heterocycles. The van der Waals surface area contributed by atoms with Crippen molar-refractivity contribution in [2.75, 3.05) is 5.75 Å². The third-order valence-corrected chi connectivity index (χ3v) is 5.32. The van der Waals surface area contributed by atoms with Crippen molar-refractivity contribution in [3.63, 3.8) is 0 Å². The molecule has 0 radical (unpaired) electrons. The number of ketones is 1. The fraction of sp³-hybridized carbons (Fsp3) is 0.438. The summed E-state index contributed by atoms with van der Waals surface area (Å²) in [5.74, 6) is 2.09. The zero-order valence-corrected chi connectivity index (χ0v) is 13.6. The number of hydrogen-bond donors (Lipinski definition) is 0. The fourth-order valence-corrected chi connectivity index (χ4v) is 3.71. The van der Waals surface area contributed by atoms with Crippen molar-refractivity contribution in [2.24, 2.45) is 0 Å². The van der Waals surface area contributed by atoms with Crippen LogP contribution in [0.3, 0.4) is 0 Å². The second-order valence-corrected chi connectivity index (χ2v) is 7.26. The van der Waals surface area contributed by atoms with Crippen LogP contribution < -0.4 is 0 Å². The lowest BCUT2D eigenvalue weighted by Gasteiger charge is -2.08. The molecule has 0 spiro atoms. The molecule has 2 saturated carbocycles. The monoisotopic (exact) mass is 333 g/mol. The van der Waals surface area contributed by atoms with Crippen molar-refractivity contribution in [2.45, 2.75) is 42.8 Å². The average molecular weight is 334 g/mol. The summed E-state index contributed by atoms with van der Waals surface area (Å²) in [6.07, 6.45) is 4.83. The van der Waals surface area contributed by atoms with Gasteiger partial charge in [0.25, 0.3) is 0 Å². The summed E-state index contributed by atoms with van der Waals surface area (Å²) in [7, 11) is 0. The van der Waals surface area contributed by atoms with Crippen molar-refractivity contribution in [3.05, 3.63) is 40.7 Å². The van der Waals surface area contributed by atoms with Crippen molar-refractivity contribution in [3.8, 4) is 0 Å². The second-order valence-electron chi connectivity index (χ2n) is 5.91. The van der Waals surface area contributed by atoms with Crippen LogP contribution in [-0.4, -0.2) is 26.3 Å². The molecule has 0 aliphatic heterocycles. The van der Waals surface area contributed by atoms with E-state index in [1.165, 1.54) is 37.4 Å². The molecule has 2 aromatic rings. The SMILES string of the molecule is O=C(CSc1nnc(C2CC2)n1C1CC1)c1ccccc1Cl. The maximum Gasteiger partial charge on any atom is 0.191 e. The standard InChI is InChI=1S/C16H16ClN3OS/c17-13-4-2-1-3-12(13)14(21)9-22-16-19-18-15(10-5-6-10)20(16)11-7-8-11/h1-4,10-11H,5-9H2. The molecule has 0 bridgehead atoms. The second kappa shape index (κ2) is 5.70. The summed E-state index contributed by atoms with van der Waals surface area (Å²) in [6.45, 7) is 0. The normalized spacial score (nSPS) is 17.7. The first-order chi connectivity index (χ1) is 10.7. The number of aromatic nitrogens is 3. The zero-order valence-electron chi connectivity index (χ0n) is 12.0. The minimum absolute atomic E-state index is 0.0360. The summed E-state index contributed by atoms with van der Waals surface area (Å²) in [6, 6.07) is 7.73. The Morgan fingerprint density at radius 2 is 2.00 bits per heavy atom. The number of Topliss-reactive ketones (excluding diaryl/α,β-unsaturated/α-hetero) is 1. The number of carbonyl (C=O) groups excluding carboxylic acids is 1. The highest BCUT2D eigenvalue weighted by molar-refractivity contribution is 7.99.